The smallest absolute Gasteiger partial charge is 0.235 e. The van der Waals surface area contributed by atoms with Crippen LogP contribution in [0, 0.1) is 0 Å². The standard InChI is InChI=1S/C26H33ClN2O2/c27-24-10-3-2-9-23(24)26(15-4-5-16-26)25(30)28-21-11-13-22(14-12-21)31-20-8-19-29-17-6-1-7-18-29/h2-3,9-14H,1,4-8,15-20H2,(H,28,30). The first-order valence-corrected chi connectivity index (χ1v) is 12.1. The SMILES string of the molecule is O=C(Nc1ccc(OCCCN2CCCCC2)cc1)C1(c2ccccc2Cl)CCCC1. The topological polar surface area (TPSA) is 41.6 Å². The Morgan fingerprint density at radius 2 is 1.68 bits per heavy atom. The lowest BCUT2D eigenvalue weighted by atomic mass is 9.78. The van der Waals surface area contributed by atoms with Crippen LogP contribution in [0.5, 0.6) is 5.75 Å². The molecule has 0 atom stereocenters. The van der Waals surface area contributed by atoms with Gasteiger partial charge in [-0.3, -0.25) is 4.79 Å². The molecule has 0 radical (unpaired) electrons. The number of benzene rings is 2. The Hall–Kier alpha value is -2.04. The molecule has 2 aromatic carbocycles. The summed E-state index contributed by atoms with van der Waals surface area (Å²) in [6, 6.07) is 15.5. The summed E-state index contributed by atoms with van der Waals surface area (Å²) < 4.78 is 5.90. The molecule has 0 aromatic heterocycles. The lowest BCUT2D eigenvalue weighted by Gasteiger charge is -2.29. The van der Waals surface area contributed by atoms with Crippen LogP contribution >= 0.6 is 11.6 Å². The molecule has 1 aliphatic carbocycles. The van der Waals surface area contributed by atoms with Crippen molar-refractivity contribution in [2.24, 2.45) is 0 Å². The maximum absolute atomic E-state index is 13.3. The van der Waals surface area contributed by atoms with Crippen molar-refractivity contribution in [1.82, 2.24) is 4.90 Å². The zero-order chi connectivity index (χ0) is 21.5. The van der Waals surface area contributed by atoms with Gasteiger partial charge in [0.2, 0.25) is 5.91 Å². The molecule has 0 bridgehead atoms. The van der Waals surface area contributed by atoms with E-state index in [1.807, 2.05) is 48.5 Å². The molecule has 1 heterocycles. The quantitative estimate of drug-likeness (QED) is 0.508. The first kappa shape index (κ1) is 22.2. The molecular formula is C26H33ClN2O2. The van der Waals surface area contributed by atoms with Crippen LogP contribution in [0.25, 0.3) is 0 Å². The lowest BCUT2D eigenvalue weighted by molar-refractivity contribution is -0.121. The Kier molecular flexibility index (Phi) is 7.52. The molecular weight excluding hydrogens is 408 g/mol. The van der Waals surface area contributed by atoms with E-state index in [9.17, 15) is 4.79 Å². The van der Waals surface area contributed by atoms with Crippen LogP contribution in [0.2, 0.25) is 5.02 Å². The zero-order valence-corrected chi connectivity index (χ0v) is 19.0. The Labute approximate surface area is 190 Å². The second-order valence-electron chi connectivity index (χ2n) is 8.85. The first-order chi connectivity index (χ1) is 15.2. The summed E-state index contributed by atoms with van der Waals surface area (Å²) in [5, 5.41) is 3.80. The summed E-state index contributed by atoms with van der Waals surface area (Å²) in [4.78, 5) is 15.9. The maximum atomic E-state index is 13.3. The summed E-state index contributed by atoms with van der Waals surface area (Å²) in [7, 11) is 0. The van der Waals surface area contributed by atoms with Gasteiger partial charge in [-0.2, -0.15) is 0 Å². The van der Waals surface area contributed by atoms with Gasteiger partial charge in [0.05, 0.1) is 12.0 Å². The fraction of sp³-hybridized carbons (Fsp3) is 0.500. The number of nitrogens with zero attached hydrogens (tertiary/aromatic N) is 1. The van der Waals surface area contributed by atoms with Gasteiger partial charge in [-0.15, -0.1) is 0 Å². The zero-order valence-electron chi connectivity index (χ0n) is 18.2. The number of likely N-dealkylation sites (tertiary alicyclic amines) is 1. The molecule has 4 nitrogen and oxygen atoms in total. The highest BCUT2D eigenvalue weighted by atomic mass is 35.5. The number of amides is 1. The summed E-state index contributed by atoms with van der Waals surface area (Å²) in [5.74, 6) is 0.881. The number of rotatable bonds is 8. The Balaban J connectivity index is 1.31. The highest BCUT2D eigenvalue weighted by Gasteiger charge is 2.43. The van der Waals surface area contributed by atoms with Gasteiger partial charge in [0.25, 0.3) is 0 Å². The van der Waals surface area contributed by atoms with E-state index in [0.717, 1.165) is 62.3 Å². The van der Waals surface area contributed by atoms with E-state index in [1.54, 1.807) is 0 Å². The normalized spacial score (nSPS) is 18.6. The average molecular weight is 441 g/mol. The molecule has 2 fully saturated rings. The molecule has 1 saturated heterocycles. The van der Waals surface area contributed by atoms with Gasteiger partial charge in [-0.05, 0) is 81.1 Å². The first-order valence-electron chi connectivity index (χ1n) is 11.7. The van der Waals surface area contributed by atoms with Crippen molar-refractivity contribution in [2.75, 3.05) is 31.6 Å². The van der Waals surface area contributed by atoms with Gasteiger partial charge in [0.15, 0.2) is 0 Å². The summed E-state index contributed by atoms with van der Waals surface area (Å²) in [6.07, 6.45) is 8.82. The lowest BCUT2D eigenvalue weighted by Crippen LogP contribution is -2.38. The minimum absolute atomic E-state index is 0.0355. The molecule has 0 unspecified atom stereocenters. The highest BCUT2D eigenvalue weighted by molar-refractivity contribution is 6.31. The fourth-order valence-corrected chi connectivity index (χ4v) is 5.31. The second kappa shape index (κ2) is 10.5. The predicted octanol–water partition coefficient (Wildman–Crippen LogP) is 6.05. The number of anilines is 1. The van der Waals surface area contributed by atoms with Crippen molar-refractivity contribution in [1.29, 1.82) is 0 Å². The molecule has 31 heavy (non-hydrogen) atoms. The molecule has 2 aromatic rings. The predicted molar refractivity (Wildman–Crippen MR) is 127 cm³/mol. The van der Waals surface area contributed by atoms with Crippen molar-refractivity contribution >= 4 is 23.2 Å². The monoisotopic (exact) mass is 440 g/mol. The van der Waals surface area contributed by atoms with Crippen molar-refractivity contribution < 1.29 is 9.53 Å². The third kappa shape index (κ3) is 5.42. The number of carbonyl (C=O) groups excluding carboxylic acids is 1. The molecule has 1 saturated carbocycles. The van der Waals surface area contributed by atoms with Crippen molar-refractivity contribution in [3.05, 3.63) is 59.1 Å². The number of hydrogen-bond donors (Lipinski definition) is 1. The molecule has 0 spiro atoms. The van der Waals surface area contributed by atoms with E-state index >= 15 is 0 Å². The molecule has 5 heteroatoms. The number of nitrogens with one attached hydrogen (secondary N) is 1. The van der Waals surface area contributed by atoms with E-state index in [2.05, 4.69) is 10.2 Å². The summed E-state index contributed by atoms with van der Waals surface area (Å²) in [6.45, 7) is 4.28. The third-order valence-corrected chi connectivity index (χ3v) is 7.06. The van der Waals surface area contributed by atoms with E-state index in [-0.39, 0.29) is 5.91 Å². The Morgan fingerprint density at radius 3 is 2.39 bits per heavy atom. The van der Waals surface area contributed by atoms with Crippen LogP contribution in [0.4, 0.5) is 5.69 Å². The largest absolute Gasteiger partial charge is 0.494 e. The minimum Gasteiger partial charge on any atom is -0.494 e. The molecule has 166 valence electrons. The van der Waals surface area contributed by atoms with Gasteiger partial charge in [-0.1, -0.05) is 49.1 Å². The number of halogens is 1. The van der Waals surface area contributed by atoms with Crippen LogP contribution in [-0.2, 0) is 10.2 Å². The van der Waals surface area contributed by atoms with Gasteiger partial charge >= 0.3 is 0 Å². The van der Waals surface area contributed by atoms with E-state index < -0.39 is 5.41 Å². The van der Waals surface area contributed by atoms with Crippen molar-refractivity contribution in [3.8, 4) is 5.75 Å². The summed E-state index contributed by atoms with van der Waals surface area (Å²) >= 11 is 6.47. The molecule has 1 N–H and O–H groups in total. The van der Waals surface area contributed by atoms with Gasteiger partial charge < -0.3 is 15.0 Å². The van der Waals surface area contributed by atoms with Gasteiger partial charge in [-0.25, -0.2) is 0 Å². The van der Waals surface area contributed by atoms with Gasteiger partial charge in [0, 0.05) is 17.3 Å². The highest BCUT2D eigenvalue weighted by Crippen LogP contribution is 2.44. The Morgan fingerprint density at radius 1 is 0.968 bits per heavy atom. The molecule has 4 rings (SSSR count). The molecule has 1 amide bonds. The van der Waals surface area contributed by atoms with Crippen LogP contribution in [-0.4, -0.2) is 37.0 Å². The van der Waals surface area contributed by atoms with E-state index in [0.29, 0.717) is 5.02 Å². The average Bonchev–Trinajstić information content (AvgIpc) is 3.30. The number of carbonyl (C=O) groups is 1. The van der Waals surface area contributed by atoms with Gasteiger partial charge in [0.1, 0.15) is 5.75 Å². The maximum Gasteiger partial charge on any atom is 0.235 e. The van der Waals surface area contributed by atoms with Crippen LogP contribution < -0.4 is 10.1 Å². The molecule has 2 aliphatic rings. The number of piperidine rings is 1. The Bertz CT molecular complexity index is 856. The number of ether oxygens (including phenoxy) is 1. The second-order valence-corrected chi connectivity index (χ2v) is 9.26. The van der Waals surface area contributed by atoms with Crippen molar-refractivity contribution in [3.63, 3.8) is 0 Å². The summed E-state index contributed by atoms with van der Waals surface area (Å²) in [5.41, 5.74) is 1.20. The van der Waals surface area contributed by atoms with Crippen LogP contribution in [0.15, 0.2) is 48.5 Å². The van der Waals surface area contributed by atoms with E-state index in [1.165, 1.54) is 32.4 Å². The fourth-order valence-electron chi connectivity index (χ4n) is 4.99. The van der Waals surface area contributed by atoms with Crippen LogP contribution in [0.1, 0.15) is 56.9 Å². The third-order valence-electron chi connectivity index (χ3n) is 6.73. The number of hydrogen-bond acceptors (Lipinski definition) is 3. The van der Waals surface area contributed by atoms with Crippen LogP contribution in [0.3, 0.4) is 0 Å². The molecule has 1 aliphatic heterocycles. The minimum atomic E-state index is -0.540. The van der Waals surface area contributed by atoms with E-state index in [4.69, 9.17) is 16.3 Å². The van der Waals surface area contributed by atoms with Crippen molar-refractivity contribution in [2.45, 2.75) is 56.8 Å².